The summed E-state index contributed by atoms with van der Waals surface area (Å²) in [7, 11) is 1.64. The zero-order valence-corrected chi connectivity index (χ0v) is 10.8. The van der Waals surface area contributed by atoms with Gasteiger partial charge in [0.25, 0.3) is 0 Å². The second-order valence-electron chi connectivity index (χ2n) is 4.32. The Hall–Kier alpha value is -1.81. The van der Waals surface area contributed by atoms with Gasteiger partial charge < -0.3 is 14.3 Å². The van der Waals surface area contributed by atoms with Gasteiger partial charge in [-0.1, -0.05) is 0 Å². The highest BCUT2D eigenvalue weighted by molar-refractivity contribution is 5.41. The number of hydrogen-bond donors (Lipinski definition) is 1. The molecule has 0 aromatic carbocycles. The molecule has 4 heteroatoms. The summed E-state index contributed by atoms with van der Waals surface area (Å²) in [6.45, 7) is 3.91. The van der Waals surface area contributed by atoms with E-state index >= 15 is 0 Å². The van der Waals surface area contributed by atoms with Crippen molar-refractivity contribution in [2.45, 2.75) is 26.4 Å². The Kier molecular flexibility index (Phi) is 3.67. The molecule has 18 heavy (non-hydrogen) atoms. The highest BCUT2D eigenvalue weighted by Crippen LogP contribution is 2.27. The molecule has 0 radical (unpaired) electrons. The normalized spacial score (nSPS) is 12.4. The first-order valence-corrected chi connectivity index (χ1v) is 5.82. The van der Waals surface area contributed by atoms with Gasteiger partial charge in [-0.05, 0) is 19.9 Å². The molecule has 2 heterocycles. The van der Waals surface area contributed by atoms with Crippen molar-refractivity contribution in [1.29, 1.82) is 0 Å². The molecule has 2 aromatic rings. The van der Waals surface area contributed by atoms with Crippen LogP contribution in [-0.4, -0.2) is 17.2 Å². The molecule has 2 rings (SSSR count). The van der Waals surface area contributed by atoms with Gasteiger partial charge in [0.2, 0.25) is 0 Å². The average Bonchev–Trinajstić information content (AvgIpc) is 2.87. The standard InChI is InChI=1S/C14H17NO3/c1-9-7-15-12(10(2)14(9)17-3)6-13(16)11-4-5-18-8-11/h4-5,7-8,13,16H,6H2,1-3H3. The van der Waals surface area contributed by atoms with E-state index in [0.29, 0.717) is 6.42 Å². The van der Waals surface area contributed by atoms with E-state index < -0.39 is 6.10 Å². The van der Waals surface area contributed by atoms with Crippen molar-refractivity contribution >= 4 is 0 Å². The lowest BCUT2D eigenvalue weighted by Crippen LogP contribution is -2.06. The molecule has 1 atom stereocenters. The number of aliphatic hydroxyl groups excluding tert-OH is 1. The van der Waals surface area contributed by atoms with Crippen LogP contribution in [0.4, 0.5) is 0 Å². The van der Waals surface area contributed by atoms with Crippen molar-refractivity contribution in [3.05, 3.63) is 47.2 Å². The molecule has 0 aliphatic rings. The molecule has 0 saturated heterocycles. The first-order chi connectivity index (χ1) is 8.63. The Morgan fingerprint density at radius 3 is 2.83 bits per heavy atom. The third-order valence-corrected chi connectivity index (χ3v) is 3.06. The van der Waals surface area contributed by atoms with Crippen LogP contribution in [0.5, 0.6) is 5.75 Å². The molecule has 1 N–H and O–H groups in total. The van der Waals surface area contributed by atoms with E-state index in [9.17, 15) is 5.11 Å². The van der Waals surface area contributed by atoms with E-state index in [0.717, 1.165) is 28.1 Å². The molecule has 0 aliphatic carbocycles. The van der Waals surface area contributed by atoms with Crippen LogP contribution < -0.4 is 4.74 Å². The van der Waals surface area contributed by atoms with Gasteiger partial charge in [-0.15, -0.1) is 0 Å². The van der Waals surface area contributed by atoms with Crippen molar-refractivity contribution in [3.8, 4) is 5.75 Å². The lowest BCUT2D eigenvalue weighted by atomic mass is 10.0. The Balaban J connectivity index is 2.24. The minimum atomic E-state index is -0.609. The van der Waals surface area contributed by atoms with Crippen LogP contribution in [0.2, 0.25) is 0 Å². The number of hydrogen-bond acceptors (Lipinski definition) is 4. The fourth-order valence-electron chi connectivity index (χ4n) is 2.04. The molecule has 0 fully saturated rings. The Morgan fingerprint density at radius 1 is 1.44 bits per heavy atom. The molecule has 1 unspecified atom stereocenters. The number of rotatable bonds is 4. The fraction of sp³-hybridized carbons (Fsp3) is 0.357. The molecular weight excluding hydrogens is 230 g/mol. The summed E-state index contributed by atoms with van der Waals surface area (Å²) in [5, 5.41) is 10.1. The van der Waals surface area contributed by atoms with Crippen molar-refractivity contribution in [1.82, 2.24) is 4.98 Å². The van der Waals surface area contributed by atoms with E-state index in [1.807, 2.05) is 13.8 Å². The molecule has 0 bridgehead atoms. The fourth-order valence-corrected chi connectivity index (χ4v) is 2.04. The van der Waals surface area contributed by atoms with E-state index in [1.165, 1.54) is 0 Å². The number of aryl methyl sites for hydroxylation is 1. The number of aliphatic hydroxyl groups is 1. The number of aromatic nitrogens is 1. The van der Waals surface area contributed by atoms with Crippen molar-refractivity contribution < 1.29 is 14.3 Å². The summed E-state index contributed by atoms with van der Waals surface area (Å²) in [5.74, 6) is 0.833. The second kappa shape index (κ2) is 5.23. The van der Waals surface area contributed by atoms with Gasteiger partial charge >= 0.3 is 0 Å². The van der Waals surface area contributed by atoms with Crippen molar-refractivity contribution in [2.75, 3.05) is 7.11 Å². The highest BCUT2D eigenvalue weighted by Gasteiger charge is 2.15. The predicted octanol–water partition coefficient (Wildman–Crippen LogP) is 2.58. The van der Waals surface area contributed by atoms with Gasteiger partial charge in [0.05, 0.1) is 25.7 Å². The molecule has 96 valence electrons. The van der Waals surface area contributed by atoms with Gasteiger partial charge in [0, 0.05) is 35.0 Å². The summed E-state index contributed by atoms with van der Waals surface area (Å²) in [6.07, 6.45) is 4.70. The maximum atomic E-state index is 10.1. The number of nitrogens with zero attached hydrogens (tertiary/aromatic N) is 1. The predicted molar refractivity (Wildman–Crippen MR) is 67.6 cm³/mol. The van der Waals surface area contributed by atoms with Crippen molar-refractivity contribution in [2.24, 2.45) is 0 Å². The Bertz CT molecular complexity index is 520. The molecule has 4 nitrogen and oxygen atoms in total. The van der Waals surface area contributed by atoms with Crippen LogP contribution in [0.25, 0.3) is 0 Å². The molecule has 0 aliphatic heterocycles. The van der Waals surface area contributed by atoms with Crippen LogP contribution in [0.15, 0.2) is 29.2 Å². The topological polar surface area (TPSA) is 55.5 Å². The van der Waals surface area contributed by atoms with E-state index in [4.69, 9.17) is 9.15 Å². The number of furan rings is 1. The lowest BCUT2D eigenvalue weighted by molar-refractivity contribution is 0.176. The average molecular weight is 247 g/mol. The molecule has 0 spiro atoms. The van der Waals surface area contributed by atoms with Crippen LogP contribution in [-0.2, 0) is 6.42 Å². The van der Waals surface area contributed by atoms with Gasteiger partial charge in [-0.3, -0.25) is 4.98 Å². The van der Waals surface area contributed by atoms with Gasteiger partial charge in [0.15, 0.2) is 0 Å². The summed E-state index contributed by atoms with van der Waals surface area (Å²) in [4.78, 5) is 4.37. The number of pyridine rings is 1. The maximum Gasteiger partial charge on any atom is 0.128 e. The molecule has 2 aromatic heterocycles. The SMILES string of the molecule is COc1c(C)cnc(CC(O)c2ccoc2)c1C. The molecule has 0 saturated carbocycles. The van der Waals surface area contributed by atoms with Crippen LogP contribution in [0.1, 0.15) is 28.5 Å². The third-order valence-electron chi connectivity index (χ3n) is 3.06. The number of methoxy groups -OCH3 is 1. The smallest absolute Gasteiger partial charge is 0.128 e. The van der Waals surface area contributed by atoms with Gasteiger partial charge in [-0.2, -0.15) is 0 Å². The van der Waals surface area contributed by atoms with Crippen LogP contribution in [0.3, 0.4) is 0 Å². The van der Waals surface area contributed by atoms with Gasteiger partial charge in [-0.25, -0.2) is 0 Å². The Labute approximate surface area is 106 Å². The molecule has 0 amide bonds. The quantitative estimate of drug-likeness (QED) is 0.902. The minimum Gasteiger partial charge on any atom is -0.496 e. The first kappa shape index (κ1) is 12.6. The largest absolute Gasteiger partial charge is 0.496 e. The second-order valence-corrected chi connectivity index (χ2v) is 4.32. The summed E-state index contributed by atoms with van der Waals surface area (Å²) < 4.78 is 10.3. The Morgan fingerprint density at radius 2 is 2.22 bits per heavy atom. The maximum absolute atomic E-state index is 10.1. The monoisotopic (exact) mass is 247 g/mol. The summed E-state index contributed by atoms with van der Waals surface area (Å²) >= 11 is 0. The van der Waals surface area contributed by atoms with E-state index in [-0.39, 0.29) is 0 Å². The first-order valence-electron chi connectivity index (χ1n) is 5.82. The third kappa shape index (κ3) is 2.38. The van der Waals surface area contributed by atoms with Crippen LogP contribution in [0, 0.1) is 13.8 Å². The zero-order chi connectivity index (χ0) is 13.1. The summed E-state index contributed by atoms with van der Waals surface area (Å²) in [6, 6.07) is 1.76. The van der Waals surface area contributed by atoms with E-state index in [1.54, 1.807) is 31.9 Å². The van der Waals surface area contributed by atoms with Gasteiger partial charge in [0.1, 0.15) is 5.75 Å². The minimum absolute atomic E-state index is 0.446. The number of ether oxygens (including phenoxy) is 1. The summed E-state index contributed by atoms with van der Waals surface area (Å²) in [5.41, 5.74) is 3.57. The highest BCUT2D eigenvalue weighted by atomic mass is 16.5. The lowest BCUT2D eigenvalue weighted by Gasteiger charge is -2.14. The van der Waals surface area contributed by atoms with Crippen molar-refractivity contribution in [3.63, 3.8) is 0 Å². The van der Waals surface area contributed by atoms with E-state index in [2.05, 4.69) is 4.98 Å². The zero-order valence-electron chi connectivity index (χ0n) is 10.8. The van der Waals surface area contributed by atoms with Crippen LogP contribution >= 0.6 is 0 Å². The molecular formula is C14H17NO3.